The molecule has 0 aliphatic carbocycles. The predicted octanol–water partition coefficient (Wildman–Crippen LogP) is 5.16. The number of aliphatic hydroxyl groups is 1. The van der Waals surface area contributed by atoms with Crippen LogP contribution in [0.25, 0.3) is 11.1 Å². The van der Waals surface area contributed by atoms with E-state index in [-0.39, 0.29) is 36.6 Å². The zero-order chi connectivity index (χ0) is 20.1. The lowest BCUT2D eigenvalue weighted by molar-refractivity contribution is 0.104. The lowest BCUT2D eigenvalue weighted by atomic mass is 9.91. The molecule has 0 atom stereocenters. The number of nitrogens with zero attached hydrogens (tertiary/aromatic N) is 1. The van der Waals surface area contributed by atoms with Crippen molar-refractivity contribution in [1.82, 2.24) is 4.98 Å². The molecule has 0 bridgehead atoms. The maximum Gasteiger partial charge on any atom is 0.513 e. The largest absolute Gasteiger partial charge is 0.513 e. The van der Waals surface area contributed by atoms with Gasteiger partial charge in [0, 0.05) is 16.8 Å². The maximum atomic E-state index is 13.4. The predicted molar refractivity (Wildman–Crippen MR) is 101 cm³/mol. The van der Waals surface area contributed by atoms with E-state index in [1.165, 1.54) is 12.1 Å². The van der Waals surface area contributed by atoms with Crippen molar-refractivity contribution >= 4 is 6.16 Å². The molecule has 5 nitrogen and oxygen atoms in total. The van der Waals surface area contributed by atoms with Gasteiger partial charge in [-0.1, -0.05) is 39.8 Å². The molecule has 0 spiro atoms. The number of carbonyl (C=O) groups excluding carboxylic acids is 1. The average Bonchev–Trinajstić information content (AvgIpc) is 2.61. The number of carbonyl (C=O) groups is 1. The van der Waals surface area contributed by atoms with Gasteiger partial charge in [0.2, 0.25) is 0 Å². The van der Waals surface area contributed by atoms with Gasteiger partial charge in [0.25, 0.3) is 0 Å². The molecule has 0 saturated carbocycles. The van der Waals surface area contributed by atoms with Crippen LogP contribution in [0, 0.1) is 5.82 Å². The molecule has 2 rings (SSSR count). The molecule has 0 fully saturated rings. The Kier molecular flexibility index (Phi) is 6.91. The Bertz CT molecular complexity index is 801. The Morgan fingerprint density at radius 3 is 2.19 bits per heavy atom. The summed E-state index contributed by atoms with van der Waals surface area (Å²) in [6.07, 6.45) is -0.842. The van der Waals surface area contributed by atoms with Crippen molar-refractivity contribution < 1.29 is 23.8 Å². The molecule has 1 heterocycles. The standard InChI is InChI=1S/C21H26FNO4/c1-6-26-21(25)27-20-17(14-7-9-15(22)10-8-14)16(11-24)18(12(2)3)23-19(20)13(4)5/h7-10,12-13,24H,6,11H2,1-5H3. The lowest BCUT2D eigenvalue weighted by Crippen LogP contribution is -2.16. The van der Waals surface area contributed by atoms with E-state index < -0.39 is 6.16 Å². The maximum absolute atomic E-state index is 13.4. The van der Waals surface area contributed by atoms with E-state index in [9.17, 15) is 14.3 Å². The number of benzene rings is 1. The number of halogens is 1. The highest BCUT2D eigenvalue weighted by Crippen LogP contribution is 2.41. The Labute approximate surface area is 159 Å². The monoisotopic (exact) mass is 375 g/mol. The summed E-state index contributed by atoms with van der Waals surface area (Å²) in [4.78, 5) is 16.7. The summed E-state index contributed by atoms with van der Waals surface area (Å²) >= 11 is 0. The third-order valence-electron chi connectivity index (χ3n) is 4.14. The van der Waals surface area contributed by atoms with Gasteiger partial charge in [-0.05, 0) is 36.5 Å². The molecule has 0 radical (unpaired) electrons. The first-order valence-electron chi connectivity index (χ1n) is 9.08. The minimum absolute atomic E-state index is 0.0421. The minimum atomic E-state index is -0.842. The molecule has 146 valence electrons. The van der Waals surface area contributed by atoms with E-state index in [0.717, 1.165) is 5.69 Å². The van der Waals surface area contributed by atoms with E-state index in [4.69, 9.17) is 14.5 Å². The first-order chi connectivity index (χ1) is 12.8. The van der Waals surface area contributed by atoms with Crippen LogP contribution in [0.3, 0.4) is 0 Å². The molecule has 1 aromatic heterocycles. The summed E-state index contributed by atoms with van der Waals surface area (Å²) in [6.45, 7) is 9.41. The summed E-state index contributed by atoms with van der Waals surface area (Å²) < 4.78 is 23.9. The second-order valence-electron chi connectivity index (χ2n) is 6.82. The number of aliphatic hydroxyl groups excluding tert-OH is 1. The van der Waals surface area contributed by atoms with Crippen LogP contribution < -0.4 is 4.74 Å². The van der Waals surface area contributed by atoms with E-state index >= 15 is 0 Å². The molecular formula is C21H26FNO4. The van der Waals surface area contributed by atoms with Crippen molar-refractivity contribution in [2.24, 2.45) is 0 Å². The van der Waals surface area contributed by atoms with Crippen LogP contribution in [-0.4, -0.2) is 22.9 Å². The molecule has 1 N–H and O–H groups in total. The Morgan fingerprint density at radius 1 is 1.11 bits per heavy atom. The fourth-order valence-electron chi connectivity index (χ4n) is 2.93. The van der Waals surface area contributed by atoms with Crippen molar-refractivity contribution in [2.45, 2.75) is 53.1 Å². The summed E-state index contributed by atoms with van der Waals surface area (Å²) in [5.41, 5.74) is 3.03. The molecule has 1 aromatic carbocycles. The summed E-state index contributed by atoms with van der Waals surface area (Å²) in [5.74, 6) is -0.137. The van der Waals surface area contributed by atoms with E-state index in [1.54, 1.807) is 19.1 Å². The summed E-state index contributed by atoms with van der Waals surface area (Å²) in [7, 11) is 0. The van der Waals surface area contributed by atoms with Gasteiger partial charge >= 0.3 is 6.16 Å². The van der Waals surface area contributed by atoms with Crippen molar-refractivity contribution in [3.05, 3.63) is 47.0 Å². The molecule has 0 unspecified atom stereocenters. The van der Waals surface area contributed by atoms with Crippen LogP contribution in [0.15, 0.2) is 24.3 Å². The smallest absolute Gasteiger partial charge is 0.434 e. The van der Waals surface area contributed by atoms with Crippen LogP contribution in [0.1, 0.15) is 63.4 Å². The first-order valence-corrected chi connectivity index (χ1v) is 9.08. The van der Waals surface area contributed by atoms with Crippen LogP contribution in [-0.2, 0) is 11.3 Å². The fraction of sp³-hybridized carbons (Fsp3) is 0.429. The Hall–Kier alpha value is -2.47. The average molecular weight is 375 g/mol. The van der Waals surface area contributed by atoms with E-state index in [1.807, 2.05) is 27.7 Å². The number of rotatable bonds is 6. The quantitative estimate of drug-likeness (QED) is 0.706. The number of hydrogen-bond donors (Lipinski definition) is 1. The molecule has 0 amide bonds. The Balaban J connectivity index is 2.83. The highest BCUT2D eigenvalue weighted by atomic mass is 19.1. The zero-order valence-corrected chi connectivity index (χ0v) is 16.4. The highest BCUT2D eigenvalue weighted by molar-refractivity contribution is 5.79. The van der Waals surface area contributed by atoms with Gasteiger partial charge < -0.3 is 14.6 Å². The second kappa shape index (κ2) is 8.95. The second-order valence-corrected chi connectivity index (χ2v) is 6.82. The number of ether oxygens (including phenoxy) is 2. The van der Waals surface area contributed by atoms with Crippen molar-refractivity contribution in [1.29, 1.82) is 0 Å². The SMILES string of the molecule is CCOC(=O)Oc1c(C(C)C)nc(C(C)C)c(CO)c1-c1ccc(F)cc1. The van der Waals surface area contributed by atoms with Gasteiger partial charge in [-0.2, -0.15) is 0 Å². The third kappa shape index (κ3) is 4.63. The van der Waals surface area contributed by atoms with Gasteiger partial charge in [-0.3, -0.25) is 4.98 Å². The molecule has 6 heteroatoms. The van der Waals surface area contributed by atoms with Gasteiger partial charge in [0.05, 0.1) is 18.9 Å². The van der Waals surface area contributed by atoms with Gasteiger partial charge in [-0.25, -0.2) is 9.18 Å². The summed E-state index contributed by atoms with van der Waals surface area (Å²) in [6, 6.07) is 5.84. The lowest BCUT2D eigenvalue weighted by Gasteiger charge is -2.23. The van der Waals surface area contributed by atoms with Crippen LogP contribution in [0.2, 0.25) is 0 Å². The van der Waals surface area contributed by atoms with Crippen LogP contribution >= 0.6 is 0 Å². The van der Waals surface area contributed by atoms with Gasteiger partial charge in [0.1, 0.15) is 5.82 Å². The Morgan fingerprint density at radius 2 is 1.70 bits per heavy atom. The fourth-order valence-corrected chi connectivity index (χ4v) is 2.93. The zero-order valence-electron chi connectivity index (χ0n) is 16.4. The first kappa shape index (κ1) is 20.8. The molecule has 2 aromatic rings. The van der Waals surface area contributed by atoms with Crippen molar-refractivity contribution in [2.75, 3.05) is 6.61 Å². The summed E-state index contributed by atoms with van der Waals surface area (Å²) in [5, 5.41) is 10.1. The topological polar surface area (TPSA) is 68.7 Å². The van der Waals surface area contributed by atoms with Crippen LogP contribution in [0.5, 0.6) is 5.75 Å². The van der Waals surface area contributed by atoms with Gasteiger partial charge in [-0.15, -0.1) is 0 Å². The minimum Gasteiger partial charge on any atom is -0.434 e. The molecular weight excluding hydrogens is 349 g/mol. The van der Waals surface area contributed by atoms with Gasteiger partial charge in [0.15, 0.2) is 5.75 Å². The molecule has 0 aliphatic rings. The number of aromatic nitrogens is 1. The van der Waals surface area contributed by atoms with Crippen molar-refractivity contribution in [3.8, 4) is 16.9 Å². The van der Waals surface area contributed by atoms with Crippen LogP contribution in [0.4, 0.5) is 9.18 Å². The number of hydrogen-bond acceptors (Lipinski definition) is 5. The van der Waals surface area contributed by atoms with E-state index in [2.05, 4.69) is 0 Å². The molecule has 0 aliphatic heterocycles. The number of pyridine rings is 1. The highest BCUT2D eigenvalue weighted by Gasteiger charge is 2.26. The normalized spacial score (nSPS) is 11.1. The van der Waals surface area contributed by atoms with E-state index in [0.29, 0.717) is 22.4 Å². The third-order valence-corrected chi connectivity index (χ3v) is 4.14. The van der Waals surface area contributed by atoms with Crippen molar-refractivity contribution in [3.63, 3.8) is 0 Å². The molecule has 0 saturated heterocycles. The molecule has 27 heavy (non-hydrogen) atoms.